The van der Waals surface area contributed by atoms with Crippen molar-refractivity contribution in [2.75, 3.05) is 32.8 Å². The summed E-state index contributed by atoms with van der Waals surface area (Å²) < 4.78 is 4.73. The third-order valence-electron chi connectivity index (χ3n) is 2.50. The molecule has 1 rings (SSSR count). The molecule has 1 fully saturated rings. The summed E-state index contributed by atoms with van der Waals surface area (Å²) in [5, 5.41) is 2.84. The molecule has 1 N–H and O–H groups in total. The largest absolute Gasteiger partial charge is 0.450 e. The fourth-order valence-electron chi connectivity index (χ4n) is 1.56. The van der Waals surface area contributed by atoms with Gasteiger partial charge in [-0.3, -0.25) is 10.1 Å². The number of rotatable bonds is 1. The highest BCUT2D eigenvalue weighted by Gasteiger charge is 2.21. The minimum atomic E-state index is -0.536. The molecule has 0 aromatic carbocycles. The molecule has 6 nitrogen and oxygen atoms in total. The predicted molar refractivity (Wildman–Crippen MR) is 66.6 cm³/mol. The molecular formula is C10H17N3O3S. The Bertz CT molecular complexity index is 314. The van der Waals surface area contributed by atoms with Crippen LogP contribution in [0.2, 0.25) is 0 Å². The van der Waals surface area contributed by atoms with E-state index >= 15 is 0 Å². The van der Waals surface area contributed by atoms with Crippen molar-refractivity contribution in [2.45, 2.75) is 13.8 Å². The highest BCUT2D eigenvalue weighted by Crippen LogP contribution is 2.02. The molecule has 1 aliphatic rings. The Morgan fingerprint density at radius 3 is 2.24 bits per heavy atom. The van der Waals surface area contributed by atoms with E-state index in [0.717, 1.165) is 0 Å². The lowest BCUT2D eigenvalue weighted by atomic mass is 10.3. The van der Waals surface area contributed by atoms with Crippen LogP contribution in [0.1, 0.15) is 13.8 Å². The molecule has 7 heteroatoms. The van der Waals surface area contributed by atoms with E-state index < -0.39 is 6.09 Å². The van der Waals surface area contributed by atoms with Crippen molar-refractivity contribution in [3.8, 4) is 0 Å². The molecule has 0 aliphatic carbocycles. The van der Waals surface area contributed by atoms with E-state index in [4.69, 9.17) is 17.0 Å². The summed E-state index contributed by atoms with van der Waals surface area (Å²) in [5.74, 6) is 0.0638. The fraction of sp³-hybridized carbons (Fsp3) is 0.700. The molecule has 1 aliphatic heterocycles. The molecule has 0 atom stereocenters. The van der Waals surface area contributed by atoms with Crippen molar-refractivity contribution in [1.29, 1.82) is 0 Å². The molecule has 0 spiro atoms. The molecule has 1 heterocycles. The highest BCUT2D eigenvalue weighted by atomic mass is 32.1. The first-order valence-electron chi connectivity index (χ1n) is 5.52. The Kier molecular flexibility index (Phi) is 5.14. The predicted octanol–water partition coefficient (Wildman–Crippen LogP) is 0.181. The number of hydrogen-bond donors (Lipinski definition) is 1. The number of ether oxygens (including phenoxy) is 1. The maximum Gasteiger partial charge on any atom is 0.413 e. The molecule has 0 bridgehead atoms. The highest BCUT2D eigenvalue weighted by molar-refractivity contribution is 7.80. The number of nitrogens with one attached hydrogen (secondary N) is 1. The number of nitrogens with zero attached hydrogens (tertiary/aromatic N) is 2. The van der Waals surface area contributed by atoms with E-state index in [1.54, 1.807) is 18.7 Å². The van der Waals surface area contributed by atoms with Crippen molar-refractivity contribution >= 4 is 29.3 Å². The minimum Gasteiger partial charge on any atom is -0.450 e. The fourth-order valence-corrected chi connectivity index (χ4v) is 1.82. The molecule has 0 aromatic heterocycles. The van der Waals surface area contributed by atoms with Gasteiger partial charge in [-0.25, -0.2) is 4.79 Å². The summed E-state index contributed by atoms with van der Waals surface area (Å²) in [7, 11) is 0. The van der Waals surface area contributed by atoms with Gasteiger partial charge in [-0.2, -0.15) is 0 Å². The number of piperazine rings is 1. The molecule has 0 radical (unpaired) electrons. The van der Waals surface area contributed by atoms with E-state index in [9.17, 15) is 9.59 Å². The molecule has 2 amide bonds. The number of hydrogen-bond acceptors (Lipinski definition) is 4. The van der Waals surface area contributed by atoms with Gasteiger partial charge in [0.05, 0.1) is 6.61 Å². The average Bonchev–Trinajstić information content (AvgIpc) is 2.29. The third kappa shape index (κ3) is 4.18. The van der Waals surface area contributed by atoms with Crippen LogP contribution in [-0.4, -0.2) is 59.7 Å². The van der Waals surface area contributed by atoms with Gasteiger partial charge in [0.15, 0.2) is 5.11 Å². The first kappa shape index (κ1) is 13.7. The number of amides is 2. The van der Waals surface area contributed by atoms with Crippen LogP contribution in [-0.2, 0) is 9.53 Å². The van der Waals surface area contributed by atoms with E-state index in [2.05, 4.69) is 5.32 Å². The van der Waals surface area contributed by atoms with Crippen molar-refractivity contribution in [2.24, 2.45) is 0 Å². The summed E-state index contributed by atoms with van der Waals surface area (Å²) in [6.45, 7) is 6.10. The zero-order chi connectivity index (χ0) is 12.8. The number of carbonyl (C=O) groups is 2. The Hall–Kier alpha value is -1.37. The van der Waals surface area contributed by atoms with Crippen LogP contribution in [0, 0.1) is 0 Å². The van der Waals surface area contributed by atoms with Crippen molar-refractivity contribution in [1.82, 2.24) is 15.1 Å². The van der Waals surface area contributed by atoms with Crippen LogP contribution in [0.25, 0.3) is 0 Å². The summed E-state index contributed by atoms with van der Waals surface area (Å²) in [4.78, 5) is 25.9. The summed E-state index contributed by atoms with van der Waals surface area (Å²) in [5.41, 5.74) is 0. The van der Waals surface area contributed by atoms with Crippen LogP contribution in [0.5, 0.6) is 0 Å². The summed E-state index contributed by atoms with van der Waals surface area (Å²) in [6, 6.07) is 0. The summed E-state index contributed by atoms with van der Waals surface area (Å²) in [6.07, 6.45) is -0.536. The van der Waals surface area contributed by atoms with Crippen molar-refractivity contribution in [3.63, 3.8) is 0 Å². The topological polar surface area (TPSA) is 61.9 Å². The average molecular weight is 259 g/mol. The lowest BCUT2D eigenvalue weighted by molar-refractivity contribution is -0.130. The van der Waals surface area contributed by atoms with E-state index in [1.165, 1.54) is 0 Å². The van der Waals surface area contributed by atoms with Gasteiger partial charge in [-0.15, -0.1) is 0 Å². The Morgan fingerprint density at radius 2 is 1.76 bits per heavy atom. The Balaban J connectivity index is 2.35. The molecular weight excluding hydrogens is 242 g/mol. The van der Waals surface area contributed by atoms with Crippen LogP contribution in [0.3, 0.4) is 0 Å². The maximum atomic E-state index is 11.2. The smallest absolute Gasteiger partial charge is 0.413 e. The number of carbonyl (C=O) groups excluding carboxylic acids is 2. The normalized spacial score (nSPS) is 15.4. The monoisotopic (exact) mass is 259 g/mol. The van der Waals surface area contributed by atoms with E-state index in [1.807, 2.05) is 4.90 Å². The molecule has 17 heavy (non-hydrogen) atoms. The van der Waals surface area contributed by atoms with Gasteiger partial charge < -0.3 is 14.5 Å². The van der Waals surface area contributed by atoms with E-state index in [0.29, 0.717) is 37.9 Å². The van der Waals surface area contributed by atoms with E-state index in [-0.39, 0.29) is 5.91 Å². The van der Waals surface area contributed by atoms with Crippen LogP contribution in [0.4, 0.5) is 4.79 Å². The SMILES string of the molecule is CCOC(=O)NC(=S)N1CCN(C(C)=O)CC1. The Labute approximate surface area is 106 Å². The second-order valence-corrected chi connectivity index (χ2v) is 4.03. The lowest BCUT2D eigenvalue weighted by Gasteiger charge is -2.35. The van der Waals surface area contributed by atoms with Crippen molar-refractivity contribution in [3.05, 3.63) is 0 Å². The second-order valence-electron chi connectivity index (χ2n) is 3.64. The molecule has 0 unspecified atom stereocenters. The van der Waals surface area contributed by atoms with Gasteiger partial charge in [0.1, 0.15) is 0 Å². The third-order valence-corrected chi connectivity index (χ3v) is 2.86. The zero-order valence-corrected chi connectivity index (χ0v) is 10.9. The first-order valence-corrected chi connectivity index (χ1v) is 5.93. The summed E-state index contributed by atoms with van der Waals surface area (Å²) >= 11 is 5.08. The molecule has 96 valence electrons. The minimum absolute atomic E-state index is 0.0638. The zero-order valence-electron chi connectivity index (χ0n) is 10.1. The quantitative estimate of drug-likeness (QED) is 0.681. The second kappa shape index (κ2) is 6.39. The number of thiocarbonyl (C=S) groups is 1. The number of alkyl carbamates (subject to hydrolysis) is 1. The standard InChI is InChI=1S/C10H17N3O3S/c1-3-16-10(15)11-9(17)13-6-4-12(5-7-13)8(2)14/h3-7H2,1-2H3,(H,11,15,17). The van der Waals surface area contributed by atoms with Gasteiger partial charge in [-0.1, -0.05) is 0 Å². The molecule has 1 saturated heterocycles. The van der Waals surface area contributed by atoms with Crippen LogP contribution < -0.4 is 5.32 Å². The van der Waals surface area contributed by atoms with Gasteiger partial charge >= 0.3 is 6.09 Å². The lowest BCUT2D eigenvalue weighted by Crippen LogP contribution is -2.53. The first-order chi connectivity index (χ1) is 8.04. The molecule has 0 aromatic rings. The van der Waals surface area contributed by atoms with Gasteiger partial charge in [0.2, 0.25) is 5.91 Å². The van der Waals surface area contributed by atoms with Gasteiger partial charge in [0, 0.05) is 33.1 Å². The van der Waals surface area contributed by atoms with Gasteiger partial charge in [-0.05, 0) is 19.1 Å². The van der Waals surface area contributed by atoms with Crippen molar-refractivity contribution < 1.29 is 14.3 Å². The molecule has 0 saturated carbocycles. The van der Waals surface area contributed by atoms with Gasteiger partial charge in [0.25, 0.3) is 0 Å². The Morgan fingerprint density at radius 1 is 1.24 bits per heavy atom. The van der Waals surface area contributed by atoms with Crippen LogP contribution >= 0.6 is 12.2 Å². The maximum absolute atomic E-state index is 11.2. The van der Waals surface area contributed by atoms with Crippen LogP contribution in [0.15, 0.2) is 0 Å².